The lowest BCUT2D eigenvalue weighted by Crippen LogP contribution is -2.12. The molecule has 3 aromatic heterocycles. The quantitative estimate of drug-likeness (QED) is 0.255. The van der Waals surface area contributed by atoms with E-state index in [9.17, 15) is 13.2 Å². The molecule has 14 heteroatoms. The fourth-order valence-electron chi connectivity index (χ4n) is 4.04. The smallest absolute Gasteiger partial charge is 0.255 e. The summed E-state index contributed by atoms with van der Waals surface area (Å²) in [5, 5.41) is 5.20. The number of nitrogen functional groups attached to an aromatic ring is 4. The fraction of sp³-hybridized carbons (Fsp3) is 0.0870. The maximum Gasteiger partial charge on any atom is 0.255 e. The molecule has 0 amide bonds. The maximum atomic E-state index is 14.4. The summed E-state index contributed by atoms with van der Waals surface area (Å²) in [6.45, 7) is 1.62. The van der Waals surface area contributed by atoms with Crippen LogP contribution in [-0.2, 0) is 6.42 Å². The molecule has 0 aliphatic heterocycles. The first-order valence-electron chi connectivity index (χ1n) is 10.7. The van der Waals surface area contributed by atoms with E-state index in [4.69, 9.17) is 34.5 Å². The van der Waals surface area contributed by atoms with E-state index in [0.717, 1.165) is 6.07 Å². The molecule has 0 spiro atoms. The minimum absolute atomic E-state index is 0.0420. The van der Waals surface area contributed by atoms with Crippen molar-refractivity contribution in [3.63, 3.8) is 0 Å². The number of fused-ring (bicyclic) bond motifs is 1. The van der Waals surface area contributed by atoms with Crippen LogP contribution in [0.5, 0.6) is 0 Å². The number of hydrogen-bond donors (Lipinski definition) is 4. The molecule has 8 N–H and O–H groups in total. The molecule has 0 atom stereocenters. The molecular weight excluding hydrogens is 509 g/mol. The van der Waals surface area contributed by atoms with Gasteiger partial charge in [-0.1, -0.05) is 11.6 Å². The Balaban J connectivity index is 1.68. The molecule has 0 aliphatic rings. The van der Waals surface area contributed by atoms with E-state index in [1.165, 1.54) is 4.68 Å². The zero-order chi connectivity index (χ0) is 26.6. The van der Waals surface area contributed by atoms with Gasteiger partial charge in [0.25, 0.3) is 5.95 Å². The van der Waals surface area contributed by atoms with Crippen LogP contribution in [-0.4, -0.2) is 29.7 Å². The predicted octanol–water partition coefficient (Wildman–Crippen LogP) is 3.57. The molecule has 10 nitrogen and oxygen atoms in total. The SMILES string of the molecule is Cc1nc(N)c(-c2c(N)nc(-n3nc(Cc4c(F)ccc(F)c4F)c4cc(Cl)ccc43)nc2N)c(N)n1. The number of aromatic nitrogens is 6. The van der Waals surface area contributed by atoms with E-state index in [2.05, 4.69) is 25.0 Å². The lowest BCUT2D eigenvalue weighted by Gasteiger charge is -2.14. The molecular formula is C23H18ClF3N10. The van der Waals surface area contributed by atoms with Gasteiger partial charge in [-0.3, -0.25) is 0 Å². The van der Waals surface area contributed by atoms with Crippen LogP contribution in [0.15, 0.2) is 30.3 Å². The summed E-state index contributed by atoms with van der Waals surface area (Å²) >= 11 is 6.16. The van der Waals surface area contributed by atoms with Crippen molar-refractivity contribution in [1.29, 1.82) is 0 Å². The summed E-state index contributed by atoms with van der Waals surface area (Å²) in [6.07, 6.45) is -0.379. The van der Waals surface area contributed by atoms with E-state index in [0.29, 0.717) is 27.8 Å². The standard InChI is InChI=1S/C23H18ClF3N10/c1-8-32-19(28)16(20(29)33-8)17-21(30)34-23(35-22(17)31)37-15-5-2-9(24)6-11(15)14(36-37)7-10-12(25)3-4-13(26)18(10)27/h2-6H,7H2,1H3,(H4,28,29,32,33)(H4,30,31,34,35). The molecule has 0 saturated heterocycles. The largest absolute Gasteiger partial charge is 0.383 e. The van der Waals surface area contributed by atoms with Gasteiger partial charge in [-0.25, -0.2) is 23.1 Å². The zero-order valence-corrected chi connectivity index (χ0v) is 19.9. The highest BCUT2D eigenvalue weighted by molar-refractivity contribution is 6.31. The first-order valence-corrected chi connectivity index (χ1v) is 11.1. The van der Waals surface area contributed by atoms with Crippen LogP contribution in [0.4, 0.5) is 36.4 Å². The summed E-state index contributed by atoms with van der Waals surface area (Å²) in [6, 6.07) is 6.30. The molecule has 0 saturated carbocycles. The van der Waals surface area contributed by atoms with Gasteiger partial charge >= 0.3 is 0 Å². The summed E-state index contributed by atoms with van der Waals surface area (Å²) < 4.78 is 43.8. The van der Waals surface area contributed by atoms with Crippen molar-refractivity contribution < 1.29 is 13.2 Å². The van der Waals surface area contributed by atoms with Crippen molar-refractivity contribution in [2.75, 3.05) is 22.9 Å². The van der Waals surface area contributed by atoms with E-state index in [1.54, 1.807) is 25.1 Å². The highest BCUT2D eigenvalue weighted by atomic mass is 35.5. The lowest BCUT2D eigenvalue weighted by molar-refractivity contribution is 0.482. The first-order chi connectivity index (χ1) is 17.5. The highest BCUT2D eigenvalue weighted by Gasteiger charge is 2.23. The van der Waals surface area contributed by atoms with Gasteiger partial charge in [0.1, 0.15) is 34.9 Å². The third-order valence-electron chi connectivity index (χ3n) is 5.67. The number of nitrogens with two attached hydrogens (primary N) is 4. The van der Waals surface area contributed by atoms with Gasteiger partial charge in [-0.2, -0.15) is 19.7 Å². The van der Waals surface area contributed by atoms with E-state index >= 15 is 0 Å². The van der Waals surface area contributed by atoms with Crippen LogP contribution in [0.3, 0.4) is 0 Å². The fourth-order valence-corrected chi connectivity index (χ4v) is 4.21. The Morgan fingerprint density at radius 3 is 2.00 bits per heavy atom. The molecule has 3 heterocycles. The molecule has 188 valence electrons. The number of aryl methyl sites for hydroxylation is 1. The number of hydrogen-bond acceptors (Lipinski definition) is 9. The summed E-state index contributed by atoms with van der Waals surface area (Å²) in [5.74, 6) is -3.21. The first kappa shape index (κ1) is 24.1. The monoisotopic (exact) mass is 526 g/mol. The number of rotatable bonds is 4. The Morgan fingerprint density at radius 2 is 1.38 bits per heavy atom. The average molecular weight is 527 g/mol. The van der Waals surface area contributed by atoms with Gasteiger partial charge in [0.2, 0.25) is 0 Å². The molecule has 0 aliphatic carbocycles. The molecule has 0 radical (unpaired) electrons. The van der Waals surface area contributed by atoms with Crippen LogP contribution in [0, 0.1) is 24.4 Å². The van der Waals surface area contributed by atoms with Crippen LogP contribution < -0.4 is 22.9 Å². The molecule has 0 fully saturated rings. The Bertz CT molecular complexity index is 1670. The van der Waals surface area contributed by atoms with Gasteiger partial charge < -0.3 is 22.9 Å². The van der Waals surface area contributed by atoms with Crippen LogP contribution in [0.25, 0.3) is 28.0 Å². The summed E-state index contributed by atoms with van der Waals surface area (Å²) in [4.78, 5) is 16.8. The Morgan fingerprint density at radius 1 is 0.811 bits per heavy atom. The molecule has 0 unspecified atom stereocenters. The van der Waals surface area contributed by atoms with E-state index < -0.39 is 23.0 Å². The molecule has 5 aromatic rings. The number of anilines is 4. The van der Waals surface area contributed by atoms with Gasteiger partial charge in [0.15, 0.2) is 11.6 Å². The zero-order valence-electron chi connectivity index (χ0n) is 19.1. The second-order valence-electron chi connectivity index (χ2n) is 8.10. The lowest BCUT2D eigenvalue weighted by atomic mass is 10.1. The molecule has 0 bridgehead atoms. The van der Waals surface area contributed by atoms with Crippen molar-refractivity contribution in [3.05, 3.63) is 69.9 Å². The third kappa shape index (κ3) is 4.08. The Kier molecular flexibility index (Phi) is 5.71. The number of benzene rings is 2. The number of nitrogens with zero attached hydrogens (tertiary/aromatic N) is 6. The van der Waals surface area contributed by atoms with Crippen molar-refractivity contribution in [1.82, 2.24) is 29.7 Å². The molecule has 37 heavy (non-hydrogen) atoms. The second kappa shape index (κ2) is 8.78. The van der Waals surface area contributed by atoms with Crippen molar-refractivity contribution in [2.45, 2.75) is 13.3 Å². The van der Waals surface area contributed by atoms with Gasteiger partial charge in [-0.05, 0) is 37.3 Å². The van der Waals surface area contributed by atoms with Gasteiger partial charge in [-0.15, -0.1) is 0 Å². The minimum atomic E-state index is -1.31. The molecule has 5 rings (SSSR count). The van der Waals surface area contributed by atoms with Crippen LogP contribution in [0.2, 0.25) is 5.02 Å². The van der Waals surface area contributed by atoms with Crippen LogP contribution >= 0.6 is 11.6 Å². The third-order valence-corrected chi connectivity index (χ3v) is 5.91. The van der Waals surface area contributed by atoms with Gasteiger partial charge in [0.05, 0.1) is 22.3 Å². The Hall–Kier alpha value is -4.65. The predicted molar refractivity (Wildman–Crippen MR) is 134 cm³/mol. The second-order valence-corrected chi connectivity index (χ2v) is 8.54. The minimum Gasteiger partial charge on any atom is -0.383 e. The van der Waals surface area contributed by atoms with Crippen LogP contribution in [0.1, 0.15) is 17.1 Å². The van der Waals surface area contributed by atoms with Crippen molar-refractivity contribution in [2.24, 2.45) is 0 Å². The Labute approximate surface area is 212 Å². The van der Waals surface area contributed by atoms with E-state index in [1.807, 2.05) is 0 Å². The molecule has 2 aromatic carbocycles. The van der Waals surface area contributed by atoms with E-state index in [-0.39, 0.29) is 52.5 Å². The number of halogens is 4. The highest BCUT2D eigenvalue weighted by Crippen LogP contribution is 2.37. The van der Waals surface area contributed by atoms with Crippen molar-refractivity contribution in [3.8, 4) is 17.1 Å². The summed E-state index contributed by atoms with van der Waals surface area (Å²) in [7, 11) is 0. The summed E-state index contributed by atoms with van der Waals surface area (Å²) in [5.41, 5.74) is 24.9. The maximum absolute atomic E-state index is 14.4. The normalized spacial score (nSPS) is 11.4. The van der Waals surface area contributed by atoms with Gasteiger partial charge in [0, 0.05) is 22.4 Å². The van der Waals surface area contributed by atoms with Crippen molar-refractivity contribution >= 4 is 45.8 Å². The average Bonchev–Trinajstić information content (AvgIpc) is 3.17. The topological polar surface area (TPSA) is 173 Å².